The third-order valence-electron chi connectivity index (χ3n) is 5.25. The number of rotatable bonds is 4. The SMILES string of the molecule is Fc1ccc(-c2ccc(C3C(c4ccccn4)NC(=S)N3c3ccc(Br)cc3)o2)cc1. The molecule has 4 nitrogen and oxygen atoms in total. The zero-order chi connectivity index (χ0) is 21.4. The number of thiocarbonyl (C=S) groups is 1. The number of furan rings is 1. The van der Waals surface area contributed by atoms with E-state index in [0.29, 0.717) is 10.9 Å². The van der Waals surface area contributed by atoms with Crippen LogP contribution in [0.25, 0.3) is 11.3 Å². The van der Waals surface area contributed by atoms with Gasteiger partial charge in [-0.2, -0.15) is 0 Å². The van der Waals surface area contributed by atoms with Gasteiger partial charge < -0.3 is 14.6 Å². The quantitative estimate of drug-likeness (QED) is 0.332. The van der Waals surface area contributed by atoms with E-state index in [0.717, 1.165) is 27.2 Å². The van der Waals surface area contributed by atoms with Crippen LogP contribution in [0.15, 0.2) is 93.9 Å². The maximum absolute atomic E-state index is 13.3. The number of halogens is 2. The fraction of sp³-hybridized carbons (Fsp3) is 0.0833. The molecule has 1 fully saturated rings. The number of aromatic nitrogens is 1. The highest BCUT2D eigenvalue weighted by Gasteiger charge is 2.42. The molecule has 0 spiro atoms. The van der Waals surface area contributed by atoms with Crippen molar-refractivity contribution >= 4 is 38.9 Å². The van der Waals surface area contributed by atoms with Crippen molar-refractivity contribution in [2.24, 2.45) is 0 Å². The van der Waals surface area contributed by atoms with Crippen molar-refractivity contribution in [3.05, 3.63) is 107 Å². The molecule has 7 heteroatoms. The van der Waals surface area contributed by atoms with Gasteiger partial charge in [0.05, 0.1) is 11.7 Å². The smallest absolute Gasteiger partial charge is 0.174 e. The Morgan fingerprint density at radius 2 is 1.74 bits per heavy atom. The average molecular weight is 494 g/mol. The van der Waals surface area contributed by atoms with Crippen molar-refractivity contribution < 1.29 is 8.81 Å². The summed E-state index contributed by atoms with van der Waals surface area (Å²) in [5.74, 6) is 1.13. The van der Waals surface area contributed by atoms with Gasteiger partial charge in [0.15, 0.2) is 5.11 Å². The van der Waals surface area contributed by atoms with Gasteiger partial charge >= 0.3 is 0 Å². The highest BCUT2D eigenvalue weighted by molar-refractivity contribution is 9.10. The zero-order valence-electron chi connectivity index (χ0n) is 16.2. The Kier molecular flexibility index (Phi) is 5.29. The van der Waals surface area contributed by atoms with E-state index in [-0.39, 0.29) is 17.9 Å². The lowest BCUT2D eigenvalue weighted by atomic mass is 10.0. The summed E-state index contributed by atoms with van der Waals surface area (Å²) in [4.78, 5) is 6.60. The van der Waals surface area contributed by atoms with Crippen molar-refractivity contribution in [2.75, 3.05) is 4.90 Å². The van der Waals surface area contributed by atoms with E-state index in [2.05, 4.69) is 26.2 Å². The van der Waals surface area contributed by atoms with E-state index in [4.69, 9.17) is 16.6 Å². The van der Waals surface area contributed by atoms with Gasteiger partial charge in [0, 0.05) is 21.9 Å². The number of benzene rings is 2. The van der Waals surface area contributed by atoms with Crippen LogP contribution >= 0.6 is 28.1 Å². The summed E-state index contributed by atoms with van der Waals surface area (Å²) in [6.07, 6.45) is 1.77. The Labute approximate surface area is 192 Å². The second kappa shape index (κ2) is 8.24. The largest absolute Gasteiger partial charge is 0.459 e. The van der Waals surface area contributed by atoms with E-state index in [1.54, 1.807) is 18.3 Å². The fourth-order valence-corrected chi connectivity index (χ4v) is 4.41. The Hall–Kier alpha value is -3.03. The van der Waals surface area contributed by atoms with E-state index in [9.17, 15) is 4.39 Å². The minimum absolute atomic E-state index is 0.190. The molecule has 2 aromatic heterocycles. The molecule has 154 valence electrons. The maximum Gasteiger partial charge on any atom is 0.174 e. The van der Waals surface area contributed by atoms with Gasteiger partial charge in [-0.15, -0.1) is 0 Å². The van der Waals surface area contributed by atoms with Crippen molar-refractivity contribution in [1.29, 1.82) is 0 Å². The van der Waals surface area contributed by atoms with E-state index < -0.39 is 0 Å². The molecule has 2 aromatic carbocycles. The Morgan fingerprint density at radius 1 is 0.968 bits per heavy atom. The van der Waals surface area contributed by atoms with Crippen molar-refractivity contribution in [3.8, 4) is 11.3 Å². The Balaban J connectivity index is 1.59. The Morgan fingerprint density at radius 3 is 2.45 bits per heavy atom. The van der Waals surface area contributed by atoms with Crippen LogP contribution in [0.3, 0.4) is 0 Å². The molecule has 0 aliphatic carbocycles. The lowest BCUT2D eigenvalue weighted by Gasteiger charge is -2.26. The van der Waals surface area contributed by atoms with E-state index >= 15 is 0 Å². The topological polar surface area (TPSA) is 41.3 Å². The minimum Gasteiger partial charge on any atom is -0.459 e. The highest BCUT2D eigenvalue weighted by Crippen LogP contribution is 2.43. The first-order chi connectivity index (χ1) is 15.1. The molecule has 1 aliphatic heterocycles. The lowest BCUT2D eigenvalue weighted by molar-refractivity contribution is 0.439. The third kappa shape index (κ3) is 3.86. The van der Waals surface area contributed by atoms with Gasteiger partial charge in [-0.3, -0.25) is 4.98 Å². The number of nitrogens with one attached hydrogen (secondary N) is 1. The number of hydrogen-bond donors (Lipinski definition) is 1. The normalized spacial score (nSPS) is 18.3. The van der Waals surface area contributed by atoms with Crippen molar-refractivity contribution in [3.63, 3.8) is 0 Å². The molecule has 2 unspecified atom stereocenters. The monoisotopic (exact) mass is 493 g/mol. The summed E-state index contributed by atoms with van der Waals surface area (Å²) in [5, 5.41) is 4.01. The van der Waals surface area contributed by atoms with Gasteiger partial charge in [-0.1, -0.05) is 22.0 Å². The van der Waals surface area contributed by atoms with Crippen molar-refractivity contribution in [1.82, 2.24) is 10.3 Å². The summed E-state index contributed by atoms with van der Waals surface area (Å²) >= 11 is 9.21. The number of hydrogen-bond acceptors (Lipinski definition) is 3. The van der Waals surface area contributed by atoms with E-state index in [1.807, 2.05) is 59.5 Å². The molecule has 4 aromatic rings. The first-order valence-electron chi connectivity index (χ1n) is 9.72. The zero-order valence-corrected chi connectivity index (χ0v) is 18.6. The summed E-state index contributed by atoms with van der Waals surface area (Å²) in [7, 11) is 0. The summed E-state index contributed by atoms with van der Waals surface area (Å²) in [5.41, 5.74) is 2.63. The number of nitrogens with zero attached hydrogens (tertiary/aromatic N) is 2. The van der Waals surface area contributed by atoms with Crippen LogP contribution in [0.2, 0.25) is 0 Å². The third-order valence-corrected chi connectivity index (χ3v) is 6.09. The summed E-state index contributed by atoms with van der Waals surface area (Å²) in [6, 6.07) is 23.5. The first kappa shape index (κ1) is 19.9. The minimum atomic E-state index is -0.280. The molecule has 1 aliphatic rings. The van der Waals surface area contributed by atoms with E-state index in [1.165, 1.54) is 12.1 Å². The second-order valence-electron chi connectivity index (χ2n) is 7.18. The van der Waals surface area contributed by atoms with Gasteiger partial charge in [0.25, 0.3) is 0 Å². The summed E-state index contributed by atoms with van der Waals surface area (Å²) < 4.78 is 20.6. The molecule has 5 rings (SSSR count). The predicted molar refractivity (Wildman–Crippen MR) is 126 cm³/mol. The van der Waals surface area contributed by atoms with Gasteiger partial charge in [0.1, 0.15) is 23.4 Å². The second-order valence-corrected chi connectivity index (χ2v) is 8.48. The molecule has 1 saturated heterocycles. The molecule has 0 saturated carbocycles. The molecule has 0 amide bonds. The number of anilines is 1. The van der Waals surface area contributed by atoms with Crippen LogP contribution in [0.4, 0.5) is 10.1 Å². The predicted octanol–water partition coefficient (Wildman–Crippen LogP) is 6.42. The van der Waals surface area contributed by atoms with Gasteiger partial charge in [-0.25, -0.2) is 4.39 Å². The van der Waals surface area contributed by atoms with Crippen LogP contribution in [-0.2, 0) is 0 Å². The van der Waals surface area contributed by atoms with Crippen molar-refractivity contribution in [2.45, 2.75) is 12.1 Å². The molecular formula is C24H17BrFN3OS. The van der Waals surface area contributed by atoms with Crippen LogP contribution in [0, 0.1) is 5.82 Å². The number of pyridine rings is 1. The Bertz CT molecular complexity index is 1210. The standard InChI is InChI=1S/C24H17BrFN3OS/c25-16-6-10-18(11-7-16)29-23(22(28-24(29)31)19-3-1-2-14-27-19)21-13-12-20(30-21)15-4-8-17(26)9-5-15/h1-14,22-23H,(H,28,31). The molecule has 2 atom stereocenters. The van der Waals surface area contributed by atoms with Crippen LogP contribution in [0.5, 0.6) is 0 Å². The van der Waals surface area contributed by atoms with Gasteiger partial charge in [0.2, 0.25) is 0 Å². The van der Waals surface area contributed by atoms with Crippen LogP contribution in [-0.4, -0.2) is 10.1 Å². The molecule has 31 heavy (non-hydrogen) atoms. The lowest BCUT2D eigenvalue weighted by Crippen LogP contribution is -2.29. The van der Waals surface area contributed by atoms with Crippen LogP contribution in [0.1, 0.15) is 23.5 Å². The molecule has 1 N–H and O–H groups in total. The fourth-order valence-electron chi connectivity index (χ4n) is 3.80. The molecule has 0 bridgehead atoms. The maximum atomic E-state index is 13.3. The molecule has 3 heterocycles. The first-order valence-corrected chi connectivity index (χ1v) is 10.9. The molecule has 0 radical (unpaired) electrons. The van der Waals surface area contributed by atoms with Crippen LogP contribution < -0.4 is 10.2 Å². The average Bonchev–Trinajstić information content (AvgIpc) is 3.40. The highest BCUT2D eigenvalue weighted by atomic mass is 79.9. The van der Waals surface area contributed by atoms with Gasteiger partial charge in [-0.05, 0) is 85.0 Å². The summed E-state index contributed by atoms with van der Waals surface area (Å²) in [6.45, 7) is 0. The molecular weight excluding hydrogens is 477 g/mol.